The molecule has 7 N–H and O–H groups in total. The number of alkyl halides is 1. The first-order valence-electron chi connectivity index (χ1n) is 11.6. The quantitative estimate of drug-likeness (QED) is 0.303. The zero-order valence-electron chi connectivity index (χ0n) is 20.2. The minimum absolute atomic E-state index is 0.00910. The maximum Gasteiger partial charge on any atom is 0.255 e. The first kappa shape index (κ1) is 25.8. The van der Waals surface area contributed by atoms with Crippen molar-refractivity contribution in [3.05, 3.63) is 51.5 Å². The summed E-state index contributed by atoms with van der Waals surface area (Å²) in [5.41, 5.74) is 2.71. The SMILES string of the molecule is CC(CF)NCc1ccc(O)c2c1C[C@H]1C[C@H]3C(N(C)C)C(O)=C(C(N)=O)C(=O)[C@@]3(O)C(O)=C1C2=O. The molecule has 36 heavy (non-hydrogen) atoms. The lowest BCUT2D eigenvalue weighted by Gasteiger charge is -2.50. The highest BCUT2D eigenvalue weighted by atomic mass is 19.1. The highest BCUT2D eigenvalue weighted by Gasteiger charge is 2.63. The predicted octanol–water partition coefficient (Wildman–Crippen LogP) is 0.568. The molecule has 4 rings (SSSR count). The number of primary amides is 1. The molecule has 11 heteroatoms. The van der Waals surface area contributed by atoms with Crippen molar-refractivity contribution >= 4 is 17.5 Å². The molecule has 10 nitrogen and oxygen atoms in total. The number of Topliss-reactive ketones (excluding diaryl/α,β-unsaturated/α-hetero) is 2. The minimum Gasteiger partial charge on any atom is -0.510 e. The molecule has 0 saturated carbocycles. The Morgan fingerprint density at radius 3 is 2.53 bits per heavy atom. The summed E-state index contributed by atoms with van der Waals surface area (Å²) < 4.78 is 13.0. The van der Waals surface area contributed by atoms with E-state index in [1.165, 1.54) is 11.0 Å². The molecule has 0 fully saturated rings. The van der Waals surface area contributed by atoms with Gasteiger partial charge in [-0.15, -0.1) is 0 Å². The van der Waals surface area contributed by atoms with Crippen LogP contribution in [-0.4, -0.2) is 81.3 Å². The third kappa shape index (κ3) is 3.61. The van der Waals surface area contributed by atoms with Crippen molar-refractivity contribution < 1.29 is 39.2 Å². The molecule has 1 aromatic rings. The molecule has 0 bridgehead atoms. The van der Waals surface area contributed by atoms with Crippen LogP contribution < -0.4 is 11.1 Å². The summed E-state index contributed by atoms with van der Waals surface area (Å²) in [5, 5.41) is 47.2. The molecule has 0 heterocycles. The zero-order chi connectivity index (χ0) is 26.7. The molecule has 1 amide bonds. The molecule has 0 aromatic heterocycles. The maximum atomic E-state index is 13.6. The van der Waals surface area contributed by atoms with Crippen LogP contribution in [0.2, 0.25) is 0 Å². The molecule has 0 spiro atoms. The van der Waals surface area contributed by atoms with Crippen LogP contribution in [0.4, 0.5) is 4.39 Å². The Labute approximate surface area is 206 Å². The number of rotatable bonds is 6. The van der Waals surface area contributed by atoms with Gasteiger partial charge in [0.05, 0.1) is 11.6 Å². The largest absolute Gasteiger partial charge is 0.510 e. The van der Waals surface area contributed by atoms with Gasteiger partial charge >= 0.3 is 0 Å². The van der Waals surface area contributed by atoms with Gasteiger partial charge in [-0.1, -0.05) is 6.07 Å². The highest BCUT2D eigenvalue weighted by Crippen LogP contribution is 2.52. The van der Waals surface area contributed by atoms with E-state index in [0.29, 0.717) is 11.1 Å². The topological polar surface area (TPSA) is 173 Å². The van der Waals surface area contributed by atoms with Crippen LogP contribution in [0.5, 0.6) is 5.75 Å². The number of likely N-dealkylation sites (N-methyl/N-ethyl adjacent to an activating group) is 1. The number of phenols is 1. The number of fused-ring (bicyclic) bond motifs is 3. The second-order valence-corrected chi connectivity index (χ2v) is 10.00. The molecule has 1 aromatic carbocycles. The van der Waals surface area contributed by atoms with Crippen molar-refractivity contribution in [1.82, 2.24) is 10.2 Å². The number of carbonyl (C=O) groups excluding carboxylic acids is 3. The molecule has 3 aliphatic carbocycles. The van der Waals surface area contributed by atoms with E-state index in [9.17, 15) is 39.2 Å². The number of aliphatic hydroxyl groups is 3. The Morgan fingerprint density at radius 2 is 1.94 bits per heavy atom. The van der Waals surface area contributed by atoms with E-state index in [-0.39, 0.29) is 36.3 Å². The van der Waals surface area contributed by atoms with Crippen molar-refractivity contribution in [3.8, 4) is 5.75 Å². The molecule has 194 valence electrons. The predicted molar refractivity (Wildman–Crippen MR) is 126 cm³/mol. The monoisotopic (exact) mass is 503 g/mol. The summed E-state index contributed by atoms with van der Waals surface area (Å²) in [6, 6.07) is 1.48. The molecule has 0 saturated heterocycles. The van der Waals surface area contributed by atoms with Crippen molar-refractivity contribution in [2.24, 2.45) is 17.6 Å². The van der Waals surface area contributed by atoms with E-state index >= 15 is 0 Å². The molecule has 3 aliphatic rings. The summed E-state index contributed by atoms with van der Waals surface area (Å²) in [7, 11) is 3.14. The summed E-state index contributed by atoms with van der Waals surface area (Å²) in [6.45, 7) is 1.31. The average molecular weight is 504 g/mol. The molecule has 0 radical (unpaired) electrons. The maximum absolute atomic E-state index is 13.6. The Bertz CT molecular complexity index is 1220. The number of hydrogen-bond donors (Lipinski definition) is 6. The summed E-state index contributed by atoms with van der Waals surface area (Å²) in [6.07, 6.45) is 0.194. The highest BCUT2D eigenvalue weighted by molar-refractivity contribution is 6.24. The Kier molecular flexibility index (Phi) is 6.44. The van der Waals surface area contributed by atoms with Crippen molar-refractivity contribution in [2.75, 3.05) is 20.8 Å². The smallest absolute Gasteiger partial charge is 0.255 e. The van der Waals surface area contributed by atoms with E-state index in [4.69, 9.17) is 5.73 Å². The van der Waals surface area contributed by atoms with E-state index in [1.54, 1.807) is 27.1 Å². The zero-order valence-corrected chi connectivity index (χ0v) is 20.2. The first-order valence-corrected chi connectivity index (χ1v) is 11.6. The van der Waals surface area contributed by atoms with Gasteiger partial charge in [0.2, 0.25) is 5.78 Å². The summed E-state index contributed by atoms with van der Waals surface area (Å²) in [5.74, 6) is -6.90. The fourth-order valence-electron chi connectivity index (χ4n) is 5.82. The number of ketones is 2. The van der Waals surface area contributed by atoms with E-state index in [0.717, 1.165) is 0 Å². The lowest BCUT2D eigenvalue weighted by Crippen LogP contribution is -2.63. The van der Waals surface area contributed by atoms with Crippen LogP contribution in [0.15, 0.2) is 34.8 Å². The van der Waals surface area contributed by atoms with Crippen LogP contribution in [0, 0.1) is 11.8 Å². The standard InChI is InChI=1S/C25H30FN3O7/c1-10(8-26)28-9-11-4-5-15(30)17-13(11)6-12-7-14-19(29(2)3)21(32)18(24(27)35)23(34)25(14,36)22(33)16(12)20(17)31/h4-5,10,12,14,19,28,30,32-33,36H,6-9H2,1-3H3,(H2,27,35)/t10?,12-,14-,19?,25-/m0/s1. The number of halogens is 1. The van der Waals surface area contributed by atoms with Crippen molar-refractivity contribution in [2.45, 2.75) is 44.0 Å². The molecular weight excluding hydrogens is 473 g/mol. The second-order valence-electron chi connectivity index (χ2n) is 10.00. The fraction of sp³-hybridized carbons (Fsp3) is 0.480. The third-order valence-corrected chi connectivity index (χ3v) is 7.58. The minimum atomic E-state index is -2.67. The van der Waals surface area contributed by atoms with Crippen LogP contribution >= 0.6 is 0 Å². The normalized spacial score (nSPS) is 28.7. The van der Waals surface area contributed by atoms with E-state index in [1.807, 2.05) is 0 Å². The van der Waals surface area contributed by atoms with Crippen LogP contribution in [0.3, 0.4) is 0 Å². The Balaban J connectivity index is 1.88. The average Bonchev–Trinajstić information content (AvgIpc) is 2.80. The first-order chi connectivity index (χ1) is 16.9. The Hall–Kier alpha value is -3.28. The van der Waals surface area contributed by atoms with Gasteiger partial charge in [0, 0.05) is 24.1 Å². The second kappa shape index (κ2) is 8.99. The van der Waals surface area contributed by atoms with Gasteiger partial charge in [0.25, 0.3) is 5.91 Å². The van der Waals surface area contributed by atoms with Gasteiger partial charge in [-0.25, -0.2) is 4.39 Å². The van der Waals surface area contributed by atoms with E-state index < -0.39 is 70.8 Å². The number of carbonyl (C=O) groups is 3. The number of allylic oxidation sites excluding steroid dienone is 1. The van der Waals surface area contributed by atoms with Crippen LogP contribution in [0.25, 0.3) is 0 Å². The third-order valence-electron chi connectivity index (χ3n) is 7.58. The molecule has 0 aliphatic heterocycles. The number of aromatic hydroxyl groups is 1. The van der Waals surface area contributed by atoms with Crippen LogP contribution in [0.1, 0.15) is 34.8 Å². The van der Waals surface area contributed by atoms with Gasteiger partial charge < -0.3 is 31.5 Å². The Morgan fingerprint density at radius 1 is 1.28 bits per heavy atom. The van der Waals surface area contributed by atoms with Gasteiger partial charge in [-0.3, -0.25) is 19.3 Å². The lowest BCUT2D eigenvalue weighted by molar-refractivity contribution is -0.148. The number of nitrogens with two attached hydrogens (primary N) is 1. The van der Waals surface area contributed by atoms with E-state index in [2.05, 4.69) is 5.32 Å². The number of aliphatic hydroxyl groups excluding tert-OH is 2. The fourth-order valence-corrected chi connectivity index (χ4v) is 5.82. The molecule has 5 atom stereocenters. The lowest BCUT2D eigenvalue weighted by atomic mass is 9.58. The molecular formula is C25H30FN3O7. The van der Waals surface area contributed by atoms with Crippen molar-refractivity contribution in [3.63, 3.8) is 0 Å². The van der Waals surface area contributed by atoms with Gasteiger partial charge in [0.1, 0.15) is 29.5 Å². The number of phenolic OH excluding ortho intramolecular Hbond substituents is 1. The summed E-state index contributed by atoms with van der Waals surface area (Å²) in [4.78, 5) is 40.4. The van der Waals surface area contributed by atoms with Gasteiger partial charge in [-0.05, 0) is 57.0 Å². The number of hydrogen-bond acceptors (Lipinski definition) is 9. The van der Waals surface area contributed by atoms with Gasteiger partial charge in [-0.2, -0.15) is 0 Å². The van der Waals surface area contributed by atoms with Gasteiger partial charge in [0.15, 0.2) is 11.4 Å². The van der Waals surface area contributed by atoms with Crippen molar-refractivity contribution in [1.29, 1.82) is 0 Å². The number of amides is 1. The molecule has 2 unspecified atom stereocenters. The number of nitrogens with zero attached hydrogens (tertiary/aromatic N) is 1. The number of nitrogens with one attached hydrogen (secondary N) is 1. The number of benzene rings is 1. The van der Waals surface area contributed by atoms with Crippen LogP contribution in [-0.2, 0) is 22.6 Å². The summed E-state index contributed by atoms with van der Waals surface area (Å²) >= 11 is 0.